The van der Waals surface area contributed by atoms with E-state index in [1.807, 2.05) is 104 Å². The quantitative estimate of drug-likeness (QED) is 0.111. The Morgan fingerprint density at radius 1 is 0.325 bits per heavy atom. The number of thiophene rings is 1. The molecular weight excluding hydrogens is 2560 g/mol. The normalized spacial score (nSPS) is 8.16. The van der Waals surface area contributed by atoms with Crippen molar-refractivity contribution in [1.82, 2.24) is 0 Å². The van der Waals surface area contributed by atoms with Crippen molar-refractivity contribution in [2.75, 3.05) is 0 Å². The molecule has 3 aromatic heterocycles. The van der Waals surface area contributed by atoms with Crippen LogP contribution in [0, 0.1) is 146 Å². The van der Waals surface area contributed by atoms with Gasteiger partial charge in [-0.3, -0.25) is 102 Å². The fourth-order valence-electron chi connectivity index (χ4n) is 7.73. The van der Waals surface area contributed by atoms with E-state index in [0.717, 1.165) is 78.8 Å². The molecule has 0 aliphatic heterocycles. The summed E-state index contributed by atoms with van der Waals surface area (Å²) in [4.78, 5) is 94.2. The van der Waals surface area contributed by atoms with Gasteiger partial charge in [-0.1, -0.05) is 87.7 Å². The number of furan rings is 2. The molecule has 0 N–H and O–H groups in total. The monoisotopic (exact) mass is 2640 g/mol. The van der Waals surface area contributed by atoms with Crippen molar-refractivity contribution in [2.45, 2.75) is 81.6 Å². The summed E-state index contributed by atoms with van der Waals surface area (Å²) in [7, 11) is 0. The van der Waals surface area contributed by atoms with E-state index in [9.17, 15) is 13.2 Å². The van der Waals surface area contributed by atoms with E-state index < -0.39 is 11.6 Å². The van der Waals surface area contributed by atoms with Gasteiger partial charge in [-0.15, -0.1) is 98.4 Å². The van der Waals surface area contributed by atoms with Crippen LogP contribution in [0.3, 0.4) is 0 Å². The molecule has 0 bridgehead atoms. The first-order chi connectivity index (χ1) is 52.3. The van der Waals surface area contributed by atoms with Crippen LogP contribution < -0.4 is 0 Å². The van der Waals surface area contributed by atoms with Crippen LogP contribution >= 0.6 is 11.3 Å². The maximum absolute atomic E-state index is 12.9. The summed E-state index contributed by atoms with van der Waals surface area (Å²) in [5, 5.41) is 2.02. The number of aryl methyl sites for hydroxylation is 8. The maximum atomic E-state index is 12.9. The van der Waals surface area contributed by atoms with Crippen molar-refractivity contribution in [3.63, 3.8) is 0 Å². The summed E-state index contributed by atoms with van der Waals surface area (Å²) < 4.78 is 49.1. The second-order valence-electron chi connectivity index (χ2n) is 20.7. The van der Waals surface area contributed by atoms with Crippen LogP contribution in [-0.4, -0.2) is 81.5 Å². The van der Waals surface area contributed by atoms with Gasteiger partial charge in [-0.25, -0.2) is 78.7 Å². The molecule has 0 saturated heterocycles. The average molecular weight is 2640 g/mol. The molecule has 0 aliphatic rings. The van der Waals surface area contributed by atoms with Gasteiger partial charge in [0.15, 0.2) is 0 Å². The maximum Gasteiger partial charge on any atom is 4.00 e. The second kappa shape index (κ2) is 85.1. The molecule has 0 spiro atoms. The number of hydrogen-bond donors (Lipinski definition) is 0. The molecule has 606 valence electrons. The number of benzene rings is 9. The molecule has 114 heavy (non-hydrogen) atoms. The van der Waals surface area contributed by atoms with Crippen LogP contribution in [0.15, 0.2) is 190 Å². The Bertz CT molecular complexity index is 4050. The van der Waals surface area contributed by atoms with Crippen molar-refractivity contribution >= 4 is 92.8 Å². The van der Waals surface area contributed by atoms with Gasteiger partial charge < -0.3 is 66.4 Å². The third-order valence-corrected chi connectivity index (χ3v) is 14.2. The number of carbonyl (C=O) groups excluding carboxylic acids is 12. The number of halogens is 3. The molecule has 0 fully saturated rings. The second-order valence-corrected chi connectivity index (χ2v) is 21.6. The first-order valence-corrected chi connectivity index (χ1v) is 30.9. The van der Waals surface area contributed by atoms with E-state index in [2.05, 4.69) is 247 Å². The Kier molecular flexibility index (Phi) is 98.2. The zero-order valence-corrected chi connectivity index (χ0v) is 77.4. The van der Waals surface area contributed by atoms with Gasteiger partial charge in [0.2, 0.25) is 0 Å². The largest absolute Gasteiger partial charge is 4.00 e. The van der Waals surface area contributed by atoms with Crippen molar-refractivity contribution in [3.8, 4) is 66.5 Å². The smallest absolute Gasteiger partial charge is 0.590 e. The van der Waals surface area contributed by atoms with E-state index in [-0.39, 0.29) is 138 Å². The summed E-state index contributed by atoms with van der Waals surface area (Å²) in [5.41, 5.74) is 18.3. The van der Waals surface area contributed by atoms with Crippen LogP contribution in [0.25, 0.3) is 66.5 Å². The fourth-order valence-corrected chi connectivity index (χ4v) is 8.40. The molecule has 0 amide bonds. The molecule has 24 heteroatoms. The molecule has 0 radical (unpaired) electrons. The summed E-state index contributed by atoms with van der Waals surface area (Å²) in [5.74, 6) is 0.452. The topological polar surface area (TPSA) is 231 Å². The average Bonchev–Trinajstić information content (AvgIpc) is 1.58. The Labute approximate surface area is 761 Å². The number of hydrogen-bond acceptors (Lipinski definition) is 15. The van der Waals surface area contributed by atoms with Gasteiger partial charge in [0, 0.05) is 5.82 Å². The van der Waals surface area contributed by atoms with E-state index in [0.29, 0.717) is 11.1 Å². The SMILES string of the molecule is CC(C)(C)c1c[c-]c(-c2[c-]cc(F)cc2)cc1.Cc1[c-]c(-c2[c-]cc(C)c(C)c2)oc1C.Cc1c[c-]c(-c2[c-]cccc2)cc1C.Cc1c[c-]c(-c2[c-]cco2)cc1C.Fc1c[c-]c(-c2[c-]cccc2)cc1F.[CH-]=O.[CH-]=O.[CH-]=O.[CH-]=O.[CH-]=O.[CH-]=O.[CH-]=O.[CH-]=O.[CH-]=O.[CH-]=O.[CH-]=O.[CH-]=O.[Pt+4].[Pt+4].[Pt+4].[Pt+4].[Pt+4].[Pt+4].[c-]1ccccc1-c1[c-]ccs1. The molecule has 9 aromatic carbocycles. The summed E-state index contributed by atoms with van der Waals surface area (Å²) in [6, 6.07) is 88.7. The molecule has 3 heterocycles. The van der Waals surface area contributed by atoms with E-state index in [1.54, 1.807) is 47.9 Å². The van der Waals surface area contributed by atoms with Gasteiger partial charge in [-0.05, 0) is 17.4 Å². The van der Waals surface area contributed by atoms with E-state index in [1.165, 1.54) is 51.1 Å². The molecule has 0 aliphatic carbocycles. The fraction of sp³-hybridized carbons (Fsp3) is 0.133. The van der Waals surface area contributed by atoms with Crippen LogP contribution in [0.1, 0.15) is 71.0 Å². The summed E-state index contributed by atoms with van der Waals surface area (Å²) in [6.45, 7) is 62.0. The first-order valence-electron chi connectivity index (χ1n) is 30.0. The van der Waals surface area contributed by atoms with Crippen molar-refractivity contribution in [1.29, 1.82) is 0 Å². The van der Waals surface area contributed by atoms with Crippen molar-refractivity contribution < 1.29 is 206 Å². The Morgan fingerprint density at radius 2 is 0.684 bits per heavy atom. The van der Waals surface area contributed by atoms with Gasteiger partial charge in [0.1, 0.15) is 0 Å². The minimum Gasteiger partial charge on any atom is -0.590 e. The first kappa shape index (κ1) is 131. The molecule has 0 unspecified atom stereocenters. The van der Waals surface area contributed by atoms with E-state index in [4.69, 9.17) is 66.4 Å². The van der Waals surface area contributed by atoms with Gasteiger partial charge in [0.25, 0.3) is 0 Å². The molecule has 12 rings (SSSR count). The number of rotatable bonds is 6. The van der Waals surface area contributed by atoms with E-state index >= 15 is 0 Å². The minimum absolute atomic E-state index is 0. The standard InChI is InChI=1S/C16H15F.C14H14O.C14H12.C12H6F2.C12H10O.C10H6S.12CHO.6Pt/c1-16(2,3)14-8-4-12(5-9-14)13-6-10-15(17)11-7-13;1-9-5-6-13(7-10(9)2)14-8-11(3)12(4)15-14;1-11-8-9-14(10-12(11)2)13-6-4-3-5-7-13;13-11-7-6-10(8-12(11)14)9-4-2-1-3-5-9;1-9-5-6-11(8-10(9)2)12-4-3-7-13-12;1-2-5-9(6-3-1)10-7-4-8-11-10;12*1-2;;;;;;/h4,6,8-11H,1-3H3;5,7H,1-4H3;3-6,8,10H,1-2H3;1-4,7-8H;3,5,7-8H,1-2H3;1-5,8H;12*1H;;;;;;/q6*-2;12*-1;6*+4. The van der Waals surface area contributed by atoms with Gasteiger partial charge >= 0.3 is 126 Å². The van der Waals surface area contributed by atoms with Gasteiger partial charge in [-0.2, -0.15) is 175 Å². The van der Waals surface area contributed by atoms with Crippen molar-refractivity contribution in [3.05, 3.63) is 322 Å². The summed E-state index contributed by atoms with van der Waals surface area (Å²) >= 11 is 1.69. The zero-order valence-electron chi connectivity index (χ0n) is 62.9. The van der Waals surface area contributed by atoms with Crippen LogP contribution in [-0.2, 0) is 189 Å². The third-order valence-electron chi connectivity index (χ3n) is 13.3. The Hall–Kier alpha value is -8.80. The van der Waals surface area contributed by atoms with Crippen LogP contribution in [0.5, 0.6) is 0 Å². The molecule has 0 atom stereocenters. The molecular formula is C90H75F3O14Pt6S. The predicted molar refractivity (Wildman–Crippen MR) is 417 cm³/mol. The van der Waals surface area contributed by atoms with Crippen LogP contribution in [0.4, 0.5) is 13.2 Å². The minimum atomic E-state index is -0.885. The zero-order chi connectivity index (χ0) is 84.2. The molecule has 0 saturated carbocycles. The third kappa shape index (κ3) is 52.6. The molecule has 14 nitrogen and oxygen atoms in total. The van der Waals surface area contributed by atoms with Crippen LogP contribution in [0.2, 0.25) is 0 Å². The van der Waals surface area contributed by atoms with Crippen molar-refractivity contribution in [2.24, 2.45) is 0 Å². The molecule has 12 aromatic rings. The Morgan fingerprint density at radius 3 is 1.00 bits per heavy atom. The van der Waals surface area contributed by atoms with Gasteiger partial charge in [0.05, 0.1) is 11.6 Å². The summed E-state index contributed by atoms with van der Waals surface area (Å²) in [6.07, 6.45) is 1.62. The predicted octanol–water partition coefficient (Wildman–Crippen LogP) is 17.8. The Balaban J connectivity index is -0.000000103.